The van der Waals surface area contributed by atoms with Gasteiger partial charge in [0.1, 0.15) is 11.8 Å². The molecule has 0 aromatic heterocycles. The zero-order valence-electron chi connectivity index (χ0n) is 9.06. The number of carbonyl (C=O) groups is 1. The lowest BCUT2D eigenvalue weighted by Crippen LogP contribution is -2.62. The second kappa shape index (κ2) is 3.46. The Morgan fingerprint density at radius 2 is 2.44 bits per heavy atom. The standard InChI is InChI=1S/C11H16N2O3/c14-10(15)9-8-2-1-5-13-6-7-16-11(8,13)3-4-12-9/h3-4,8-9,12H,1-2,5-7H2,(H,14,15). The van der Waals surface area contributed by atoms with Gasteiger partial charge in [-0.15, -0.1) is 0 Å². The van der Waals surface area contributed by atoms with Crippen molar-refractivity contribution in [3.8, 4) is 0 Å². The zero-order valence-corrected chi connectivity index (χ0v) is 9.06. The Kier molecular flexibility index (Phi) is 2.19. The molecule has 16 heavy (non-hydrogen) atoms. The summed E-state index contributed by atoms with van der Waals surface area (Å²) < 4.78 is 5.86. The molecule has 3 aliphatic rings. The fourth-order valence-electron chi connectivity index (χ4n) is 3.24. The van der Waals surface area contributed by atoms with Gasteiger partial charge in [0.25, 0.3) is 0 Å². The summed E-state index contributed by atoms with van der Waals surface area (Å²) in [6.07, 6.45) is 5.68. The van der Waals surface area contributed by atoms with Gasteiger partial charge in [0.05, 0.1) is 6.61 Å². The average Bonchev–Trinajstić information content (AvgIpc) is 2.69. The lowest BCUT2D eigenvalue weighted by Gasteiger charge is -2.48. The molecule has 3 atom stereocenters. The smallest absolute Gasteiger partial charge is 0.326 e. The predicted octanol–water partition coefficient (Wildman–Crippen LogP) is -0.00500. The van der Waals surface area contributed by atoms with E-state index in [0.29, 0.717) is 6.61 Å². The van der Waals surface area contributed by atoms with E-state index in [0.717, 1.165) is 25.9 Å². The van der Waals surface area contributed by atoms with Crippen LogP contribution in [0.4, 0.5) is 0 Å². The highest BCUT2D eigenvalue weighted by Gasteiger charge is 2.54. The van der Waals surface area contributed by atoms with Gasteiger partial charge < -0.3 is 15.2 Å². The first-order chi connectivity index (χ1) is 7.74. The Morgan fingerprint density at radius 1 is 1.56 bits per heavy atom. The maximum Gasteiger partial charge on any atom is 0.326 e. The fourth-order valence-corrected chi connectivity index (χ4v) is 3.24. The van der Waals surface area contributed by atoms with Crippen molar-refractivity contribution in [2.24, 2.45) is 5.92 Å². The number of carboxylic acids is 1. The minimum Gasteiger partial charge on any atom is -0.480 e. The fraction of sp³-hybridized carbons (Fsp3) is 0.727. The van der Waals surface area contributed by atoms with Crippen LogP contribution in [0.5, 0.6) is 0 Å². The molecule has 2 fully saturated rings. The van der Waals surface area contributed by atoms with Crippen molar-refractivity contribution in [1.29, 1.82) is 0 Å². The van der Waals surface area contributed by atoms with Crippen LogP contribution in [-0.4, -0.2) is 47.4 Å². The zero-order chi connectivity index (χ0) is 11.2. The summed E-state index contributed by atoms with van der Waals surface area (Å²) in [5, 5.41) is 12.2. The molecule has 2 N–H and O–H groups in total. The normalized spacial score (nSPS) is 42.2. The highest BCUT2D eigenvalue weighted by Crippen LogP contribution is 2.42. The molecular weight excluding hydrogens is 208 g/mol. The van der Waals surface area contributed by atoms with Crippen LogP contribution in [0.15, 0.2) is 12.3 Å². The van der Waals surface area contributed by atoms with E-state index < -0.39 is 17.7 Å². The van der Waals surface area contributed by atoms with Crippen LogP contribution < -0.4 is 5.32 Å². The van der Waals surface area contributed by atoms with Gasteiger partial charge in [0.2, 0.25) is 0 Å². The number of nitrogens with one attached hydrogen (secondary N) is 1. The van der Waals surface area contributed by atoms with Crippen LogP contribution in [0, 0.1) is 5.92 Å². The molecule has 3 unspecified atom stereocenters. The Balaban J connectivity index is 1.98. The van der Waals surface area contributed by atoms with Gasteiger partial charge in [-0.05, 0) is 25.1 Å². The third-order valence-corrected chi connectivity index (χ3v) is 3.93. The molecule has 1 spiro atoms. The molecule has 0 aromatic carbocycles. The van der Waals surface area contributed by atoms with Gasteiger partial charge in [-0.25, -0.2) is 4.79 Å². The van der Waals surface area contributed by atoms with E-state index in [1.165, 1.54) is 0 Å². The quantitative estimate of drug-likeness (QED) is 0.656. The Hall–Kier alpha value is -1.07. The molecule has 3 aliphatic heterocycles. The molecule has 5 heteroatoms. The van der Waals surface area contributed by atoms with Gasteiger partial charge >= 0.3 is 5.97 Å². The summed E-state index contributed by atoms with van der Waals surface area (Å²) in [4.78, 5) is 13.5. The number of ether oxygens (including phenoxy) is 1. The van der Waals surface area contributed by atoms with E-state index in [2.05, 4.69) is 10.2 Å². The van der Waals surface area contributed by atoms with E-state index in [1.54, 1.807) is 6.20 Å². The predicted molar refractivity (Wildman–Crippen MR) is 56.7 cm³/mol. The van der Waals surface area contributed by atoms with Crippen LogP contribution in [0.25, 0.3) is 0 Å². The lowest BCUT2D eigenvalue weighted by atomic mass is 9.79. The molecule has 88 valence electrons. The minimum atomic E-state index is -0.786. The maximum atomic E-state index is 11.2. The largest absolute Gasteiger partial charge is 0.480 e. The Labute approximate surface area is 94.1 Å². The summed E-state index contributed by atoms with van der Waals surface area (Å²) in [5.74, 6) is -0.766. The molecule has 0 bridgehead atoms. The topological polar surface area (TPSA) is 61.8 Å². The van der Waals surface area contributed by atoms with Crippen molar-refractivity contribution < 1.29 is 14.6 Å². The Bertz CT molecular complexity index is 344. The average molecular weight is 224 g/mol. The minimum absolute atomic E-state index is 0.0197. The van der Waals surface area contributed by atoms with Crippen molar-refractivity contribution in [3.05, 3.63) is 12.3 Å². The third-order valence-electron chi connectivity index (χ3n) is 3.93. The summed E-state index contributed by atoms with van der Waals surface area (Å²) >= 11 is 0. The molecule has 0 aliphatic carbocycles. The molecule has 5 nitrogen and oxygen atoms in total. The van der Waals surface area contributed by atoms with Gasteiger partial charge in [-0.1, -0.05) is 0 Å². The van der Waals surface area contributed by atoms with Crippen molar-refractivity contribution in [2.45, 2.75) is 24.6 Å². The number of rotatable bonds is 1. The number of aliphatic carboxylic acids is 1. The molecule has 0 aromatic rings. The van der Waals surface area contributed by atoms with Crippen LogP contribution in [0.3, 0.4) is 0 Å². The summed E-state index contributed by atoms with van der Waals surface area (Å²) in [7, 11) is 0. The molecule has 0 radical (unpaired) electrons. The highest BCUT2D eigenvalue weighted by molar-refractivity contribution is 5.74. The second-order valence-electron chi connectivity index (χ2n) is 4.65. The first-order valence-electron chi connectivity index (χ1n) is 5.79. The van der Waals surface area contributed by atoms with Crippen molar-refractivity contribution in [2.75, 3.05) is 19.7 Å². The SMILES string of the molecule is O=C(O)C1NC=CC23OCCN2CCCC13. The van der Waals surface area contributed by atoms with Crippen molar-refractivity contribution in [1.82, 2.24) is 10.2 Å². The van der Waals surface area contributed by atoms with Crippen LogP contribution in [0.1, 0.15) is 12.8 Å². The van der Waals surface area contributed by atoms with Gasteiger partial charge in [-0.2, -0.15) is 0 Å². The number of hydrogen-bond donors (Lipinski definition) is 2. The molecular formula is C11H16N2O3. The number of carboxylic acid groups (broad SMARTS) is 1. The van der Waals surface area contributed by atoms with Gasteiger partial charge in [0.15, 0.2) is 0 Å². The highest BCUT2D eigenvalue weighted by atomic mass is 16.5. The molecule has 0 saturated carbocycles. The first kappa shape index (κ1) is 10.1. The van der Waals surface area contributed by atoms with E-state index in [9.17, 15) is 9.90 Å². The van der Waals surface area contributed by atoms with Crippen LogP contribution >= 0.6 is 0 Å². The number of piperidine rings is 1. The van der Waals surface area contributed by atoms with Crippen LogP contribution in [-0.2, 0) is 9.53 Å². The second-order valence-corrected chi connectivity index (χ2v) is 4.65. The monoisotopic (exact) mass is 224 g/mol. The molecule has 0 amide bonds. The van der Waals surface area contributed by atoms with E-state index in [1.807, 2.05) is 6.08 Å². The number of nitrogens with zero attached hydrogens (tertiary/aromatic N) is 1. The maximum absolute atomic E-state index is 11.2. The van der Waals surface area contributed by atoms with E-state index in [-0.39, 0.29) is 5.92 Å². The molecule has 3 heterocycles. The Morgan fingerprint density at radius 3 is 3.25 bits per heavy atom. The first-order valence-corrected chi connectivity index (χ1v) is 5.79. The van der Waals surface area contributed by atoms with E-state index in [4.69, 9.17) is 4.74 Å². The lowest BCUT2D eigenvalue weighted by molar-refractivity contribution is -0.155. The summed E-state index contributed by atoms with van der Waals surface area (Å²) in [6, 6.07) is -0.522. The summed E-state index contributed by atoms with van der Waals surface area (Å²) in [5.41, 5.74) is -0.452. The number of hydrogen-bond acceptors (Lipinski definition) is 4. The van der Waals surface area contributed by atoms with Crippen molar-refractivity contribution >= 4 is 5.97 Å². The molecule has 2 saturated heterocycles. The van der Waals surface area contributed by atoms with Crippen LogP contribution in [0.2, 0.25) is 0 Å². The summed E-state index contributed by atoms with van der Waals surface area (Å²) in [6.45, 7) is 2.62. The molecule has 3 rings (SSSR count). The third kappa shape index (κ3) is 1.21. The van der Waals surface area contributed by atoms with Gasteiger partial charge in [-0.3, -0.25) is 4.90 Å². The van der Waals surface area contributed by atoms with E-state index >= 15 is 0 Å². The van der Waals surface area contributed by atoms with Gasteiger partial charge in [0, 0.05) is 19.0 Å². The van der Waals surface area contributed by atoms with Crippen molar-refractivity contribution in [3.63, 3.8) is 0 Å².